The first-order valence-electron chi connectivity index (χ1n) is 5.02. The molecule has 0 saturated carbocycles. The predicted molar refractivity (Wildman–Crippen MR) is 67.5 cm³/mol. The SMILES string of the molecule is NC(=S)c1ccnc(Nc2cc(F)cc(F)c2F)n1. The lowest BCUT2D eigenvalue weighted by atomic mass is 10.3. The zero-order chi connectivity index (χ0) is 14.0. The molecule has 0 atom stereocenters. The first-order valence-corrected chi connectivity index (χ1v) is 5.42. The second-order valence-electron chi connectivity index (χ2n) is 3.50. The van der Waals surface area contributed by atoms with Crippen molar-refractivity contribution in [3.05, 3.63) is 47.5 Å². The molecule has 0 unspecified atom stereocenters. The van der Waals surface area contributed by atoms with Crippen molar-refractivity contribution in [2.75, 3.05) is 5.32 Å². The smallest absolute Gasteiger partial charge is 0.227 e. The van der Waals surface area contributed by atoms with Crippen molar-refractivity contribution in [3.63, 3.8) is 0 Å². The Morgan fingerprint density at radius 1 is 1.26 bits per heavy atom. The van der Waals surface area contributed by atoms with Crippen LogP contribution in [-0.4, -0.2) is 15.0 Å². The maximum Gasteiger partial charge on any atom is 0.227 e. The number of nitrogens with two attached hydrogens (primary N) is 1. The Kier molecular flexibility index (Phi) is 3.61. The summed E-state index contributed by atoms with van der Waals surface area (Å²) in [5.41, 5.74) is 5.21. The summed E-state index contributed by atoms with van der Waals surface area (Å²) in [5, 5.41) is 2.36. The lowest BCUT2D eigenvalue weighted by Gasteiger charge is -2.07. The molecule has 0 radical (unpaired) electrons. The molecule has 4 nitrogen and oxygen atoms in total. The standard InChI is InChI=1S/C11H7F3N4S/c12-5-3-6(13)9(14)8(4-5)18-11-16-2-1-7(17-11)10(15)19/h1-4H,(H2,15,19)(H,16,17,18). The normalized spacial score (nSPS) is 10.3. The van der Waals surface area contributed by atoms with Crippen LogP contribution in [0.25, 0.3) is 0 Å². The average molecular weight is 284 g/mol. The van der Waals surface area contributed by atoms with E-state index in [1.807, 2.05) is 0 Å². The molecule has 0 aliphatic heterocycles. The minimum atomic E-state index is -1.31. The van der Waals surface area contributed by atoms with E-state index in [9.17, 15) is 13.2 Å². The van der Waals surface area contributed by atoms with Gasteiger partial charge < -0.3 is 11.1 Å². The van der Waals surface area contributed by atoms with Crippen LogP contribution in [0.4, 0.5) is 24.8 Å². The molecule has 1 aromatic carbocycles. The highest BCUT2D eigenvalue weighted by Crippen LogP contribution is 2.21. The van der Waals surface area contributed by atoms with Crippen molar-refractivity contribution in [3.8, 4) is 0 Å². The molecule has 19 heavy (non-hydrogen) atoms. The van der Waals surface area contributed by atoms with Gasteiger partial charge in [0, 0.05) is 18.3 Å². The first-order chi connectivity index (χ1) is 8.97. The van der Waals surface area contributed by atoms with E-state index >= 15 is 0 Å². The number of thiocarbonyl (C=S) groups is 1. The maximum atomic E-state index is 13.4. The molecule has 3 N–H and O–H groups in total. The Morgan fingerprint density at radius 2 is 2.00 bits per heavy atom. The summed E-state index contributed by atoms with van der Waals surface area (Å²) >= 11 is 4.72. The van der Waals surface area contributed by atoms with Crippen LogP contribution in [0.1, 0.15) is 5.69 Å². The molecule has 1 heterocycles. The number of anilines is 2. The summed E-state index contributed by atoms with van der Waals surface area (Å²) < 4.78 is 39.4. The molecule has 0 spiro atoms. The van der Waals surface area contributed by atoms with Crippen LogP contribution in [0.5, 0.6) is 0 Å². The molecular formula is C11H7F3N4S. The summed E-state index contributed by atoms with van der Waals surface area (Å²) in [6.07, 6.45) is 1.33. The van der Waals surface area contributed by atoms with E-state index in [2.05, 4.69) is 15.3 Å². The Bertz CT molecular complexity index is 648. The van der Waals surface area contributed by atoms with Gasteiger partial charge in [-0.3, -0.25) is 0 Å². The van der Waals surface area contributed by atoms with Crippen molar-refractivity contribution in [2.24, 2.45) is 5.73 Å². The average Bonchev–Trinajstić information content (AvgIpc) is 2.35. The van der Waals surface area contributed by atoms with Crippen LogP contribution in [-0.2, 0) is 0 Å². The predicted octanol–water partition coefficient (Wildman–Crippen LogP) is 2.27. The summed E-state index contributed by atoms with van der Waals surface area (Å²) in [6, 6.07) is 2.68. The van der Waals surface area contributed by atoms with Crippen LogP contribution in [0, 0.1) is 17.5 Å². The quantitative estimate of drug-likeness (QED) is 0.668. The third kappa shape index (κ3) is 2.97. The van der Waals surface area contributed by atoms with E-state index in [1.54, 1.807) is 0 Å². The Labute approximate surface area is 111 Å². The fourth-order valence-corrected chi connectivity index (χ4v) is 1.44. The largest absolute Gasteiger partial charge is 0.388 e. The van der Waals surface area contributed by atoms with Crippen molar-refractivity contribution in [1.29, 1.82) is 0 Å². The van der Waals surface area contributed by atoms with Crippen LogP contribution in [0.15, 0.2) is 24.4 Å². The van der Waals surface area contributed by atoms with E-state index in [0.717, 1.165) is 6.07 Å². The Balaban J connectivity index is 2.36. The van der Waals surface area contributed by atoms with E-state index in [4.69, 9.17) is 18.0 Å². The molecule has 0 aliphatic carbocycles. The Hall–Kier alpha value is -2.22. The minimum Gasteiger partial charge on any atom is -0.388 e. The molecular weight excluding hydrogens is 277 g/mol. The monoisotopic (exact) mass is 284 g/mol. The van der Waals surface area contributed by atoms with Gasteiger partial charge in [-0.2, -0.15) is 0 Å². The van der Waals surface area contributed by atoms with Gasteiger partial charge in [-0.1, -0.05) is 12.2 Å². The molecule has 1 aromatic heterocycles. The number of nitrogens with zero attached hydrogens (tertiary/aromatic N) is 2. The van der Waals surface area contributed by atoms with Crippen LogP contribution in [0.2, 0.25) is 0 Å². The highest BCUT2D eigenvalue weighted by molar-refractivity contribution is 7.80. The van der Waals surface area contributed by atoms with Gasteiger partial charge in [-0.25, -0.2) is 23.1 Å². The number of rotatable bonds is 3. The highest BCUT2D eigenvalue weighted by atomic mass is 32.1. The van der Waals surface area contributed by atoms with Gasteiger partial charge in [-0.05, 0) is 6.07 Å². The van der Waals surface area contributed by atoms with Crippen LogP contribution >= 0.6 is 12.2 Å². The first kappa shape index (κ1) is 13.2. The van der Waals surface area contributed by atoms with Gasteiger partial charge in [0.05, 0.1) is 5.69 Å². The maximum absolute atomic E-state index is 13.4. The lowest BCUT2D eigenvalue weighted by molar-refractivity contribution is 0.498. The third-order valence-electron chi connectivity index (χ3n) is 2.15. The summed E-state index contributed by atoms with van der Waals surface area (Å²) in [6.45, 7) is 0. The molecule has 0 bridgehead atoms. The zero-order valence-electron chi connectivity index (χ0n) is 9.32. The molecule has 98 valence electrons. The molecule has 0 aliphatic rings. The van der Waals surface area contributed by atoms with E-state index < -0.39 is 23.1 Å². The molecule has 8 heteroatoms. The van der Waals surface area contributed by atoms with Gasteiger partial charge >= 0.3 is 0 Å². The van der Waals surface area contributed by atoms with E-state index in [0.29, 0.717) is 6.07 Å². The molecule has 2 aromatic rings. The lowest BCUT2D eigenvalue weighted by Crippen LogP contribution is -2.13. The number of hydrogen-bond donors (Lipinski definition) is 2. The zero-order valence-corrected chi connectivity index (χ0v) is 10.1. The number of nitrogens with one attached hydrogen (secondary N) is 1. The summed E-state index contributed by atoms with van der Waals surface area (Å²) in [7, 11) is 0. The second-order valence-corrected chi connectivity index (χ2v) is 3.94. The van der Waals surface area contributed by atoms with Crippen LogP contribution < -0.4 is 11.1 Å². The number of aromatic nitrogens is 2. The Morgan fingerprint density at radius 3 is 2.68 bits per heavy atom. The van der Waals surface area contributed by atoms with Crippen molar-refractivity contribution >= 4 is 28.8 Å². The minimum absolute atomic E-state index is 0.0244. The van der Waals surface area contributed by atoms with Crippen LogP contribution in [0.3, 0.4) is 0 Å². The van der Waals surface area contributed by atoms with Crippen molar-refractivity contribution in [2.45, 2.75) is 0 Å². The summed E-state index contributed by atoms with van der Waals surface area (Å²) in [5.74, 6) is -3.54. The number of halogens is 3. The number of hydrogen-bond acceptors (Lipinski definition) is 4. The fraction of sp³-hybridized carbons (Fsp3) is 0. The van der Waals surface area contributed by atoms with Gasteiger partial charge in [0.2, 0.25) is 5.95 Å². The van der Waals surface area contributed by atoms with E-state index in [1.165, 1.54) is 12.3 Å². The van der Waals surface area contributed by atoms with Crippen molar-refractivity contribution < 1.29 is 13.2 Å². The van der Waals surface area contributed by atoms with Gasteiger partial charge in [0.15, 0.2) is 11.6 Å². The van der Waals surface area contributed by atoms with Gasteiger partial charge in [0.1, 0.15) is 16.5 Å². The molecule has 0 fully saturated rings. The van der Waals surface area contributed by atoms with Gasteiger partial charge in [0.25, 0.3) is 0 Å². The molecule has 0 saturated heterocycles. The highest BCUT2D eigenvalue weighted by Gasteiger charge is 2.12. The summed E-state index contributed by atoms with van der Waals surface area (Å²) in [4.78, 5) is 7.66. The van der Waals surface area contributed by atoms with Crippen molar-refractivity contribution in [1.82, 2.24) is 9.97 Å². The van der Waals surface area contributed by atoms with Gasteiger partial charge in [-0.15, -0.1) is 0 Å². The molecule has 2 rings (SSSR count). The topological polar surface area (TPSA) is 63.8 Å². The third-order valence-corrected chi connectivity index (χ3v) is 2.36. The second kappa shape index (κ2) is 5.19. The van der Waals surface area contributed by atoms with E-state index in [-0.39, 0.29) is 16.6 Å². The molecule has 0 amide bonds. The fourth-order valence-electron chi connectivity index (χ4n) is 1.32. The number of benzene rings is 1.